The van der Waals surface area contributed by atoms with Crippen LogP contribution >= 0.6 is 0 Å². The molecule has 43 nitrogen and oxygen atoms in total. The van der Waals surface area contributed by atoms with Crippen LogP contribution in [0.2, 0.25) is 78.6 Å². The van der Waals surface area contributed by atoms with Crippen LogP contribution in [0.1, 0.15) is 47.5 Å². The number of carboxylic acid groups (broad SMARTS) is 1. The smallest absolute Gasteiger partial charge is 0.325 e. The molecule has 0 aliphatic carbocycles. The number of nitrogens with one attached hydrogen (secondary N) is 3. The summed E-state index contributed by atoms with van der Waals surface area (Å²) in [5.74, 6) is -2.17. The number of esters is 8. The second kappa shape index (κ2) is 74.3. The molecule has 10 unspecified atom stereocenters. The average molecular weight is 2020 g/mol. The van der Waals surface area contributed by atoms with E-state index in [1.807, 2.05) is 35.7 Å². The third-order valence-electron chi connectivity index (χ3n) is 21.1. The SMILES string of the molecule is C.CCC=O.CCCN1CCOCC1C(=O)OC.CCCN1CCOCC1C(=O)OC[Si](C)(C)C.CN1CCOCC1C(=O)O.CN1CCOCC1C(=O)OC[Si](C)(C)C.COC(=O)C1COCCN1.COC(=O)C1COCCN1C.COC(=O)C1COCCN1CCN.C[Si](C)(C)COC(=O)C1COCCN1.C[Si](C)(C)COC(=O)C1COCCN1CCN.O=C1NCCN2CCOCC12. The number of aliphatic carboxylic acids is 1. The lowest BCUT2D eigenvalue weighted by atomic mass is 10.1. The number of rotatable bonds is 26. The summed E-state index contributed by atoms with van der Waals surface area (Å²) in [4.78, 5) is 139. The Hall–Kier alpha value is -5.64. The number of nitrogens with two attached hydrogens (primary N) is 2. The van der Waals surface area contributed by atoms with Crippen LogP contribution in [-0.2, 0) is 138 Å². The average Bonchev–Trinajstić information content (AvgIpc) is 0.838. The molecular formula is C89H179N13O30Si4. The number of ether oxygens (including phenoxy) is 18. The third-order valence-corrected chi connectivity index (χ3v) is 25.2. The Kier molecular flexibility index (Phi) is 71.2. The number of nitrogens with zero attached hydrogens (tertiary/aromatic N) is 8. The van der Waals surface area contributed by atoms with Gasteiger partial charge in [-0.2, -0.15) is 0 Å². The number of amides is 1. The molecule has 11 heterocycles. The highest BCUT2D eigenvalue weighted by atomic mass is 28.3. The van der Waals surface area contributed by atoms with E-state index in [1.54, 1.807) is 11.9 Å². The van der Waals surface area contributed by atoms with E-state index in [4.69, 9.17) is 87.6 Å². The molecular weight excluding hydrogens is 1840 g/mol. The van der Waals surface area contributed by atoms with Crippen LogP contribution in [0.5, 0.6) is 0 Å². The van der Waals surface area contributed by atoms with Gasteiger partial charge in [-0.25, -0.2) is 0 Å². The highest BCUT2D eigenvalue weighted by molar-refractivity contribution is 6.77. The van der Waals surface area contributed by atoms with E-state index in [-0.39, 0.29) is 115 Å². The van der Waals surface area contributed by atoms with Crippen molar-refractivity contribution in [3.05, 3.63) is 0 Å². The molecule has 0 aromatic carbocycles. The maximum absolute atomic E-state index is 12.0. The summed E-state index contributed by atoms with van der Waals surface area (Å²) in [7, 11) is 5.91. The van der Waals surface area contributed by atoms with Gasteiger partial charge in [0.05, 0.1) is 218 Å². The fourth-order valence-electron chi connectivity index (χ4n) is 13.3. The van der Waals surface area contributed by atoms with Crippen molar-refractivity contribution in [3.63, 3.8) is 0 Å². The predicted octanol–water partition coefficient (Wildman–Crippen LogP) is -0.106. The number of carbonyl (C=O) groups excluding carboxylic acids is 10. The van der Waals surface area contributed by atoms with Gasteiger partial charge in [-0.3, -0.25) is 87.1 Å². The molecule has 11 aliphatic rings. The van der Waals surface area contributed by atoms with Gasteiger partial charge in [0.15, 0.2) is 0 Å². The molecule has 796 valence electrons. The fourth-order valence-corrected chi connectivity index (χ4v) is 15.6. The van der Waals surface area contributed by atoms with Crippen molar-refractivity contribution < 1.29 is 143 Å². The Labute approximate surface area is 814 Å². The van der Waals surface area contributed by atoms with E-state index in [0.717, 1.165) is 124 Å². The number of piperazine rings is 1. The van der Waals surface area contributed by atoms with E-state index >= 15 is 0 Å². The maximum Gasteiger partial charge on any atom is 0.325 e. The van der Waals surface area contributed by atoms with Crippen LogP contribution in [-0.4, -0.2) is 527 Å². The number of aldehydes is 1. The molecule has 11 rings (SSSR count). The maximum atomic E-state index is 12.0. The summed E-state index contributed by atoms with van der Waals surface area (Å²) in [5, 5.41) is 17.4. The van der Waals surface area contributed by atoms with Gasteiger partial charge in [-0.05, 0) is 47.1 Å². The number of morpholine rings is 10. The van der Waals surface area contributed by atoms with Gasteiger partial charge in [-0.1, -0.05) is 107 Å². The quantitative estimate of drug-likeness (QED) is 0.0285. The molecule has 0 aromatic heterocycles. The summed E-state index contributed by atoms with van der Waals surface area (Å²) in [6.45, 7) is 57.5. The highest BCUT2D eigenvalue weighted by Crippen LogP contribution is 2.17. The monoisotopic (exact) mass is 2020 g/mol. The minimum absolute atomic E-state index is 0. The zero-order chi connectivity index (χ0) is 102. The minimum atomic E-state index is -1.35. The molecule has 0 bridgehead atoms. The molecule has 8 N–H and O–H groups in total. The first kappa shape index (κ1) is 130. The van der Waals surface area contributed by atoms with Crippen molar-refractivity contribution in [1.29, 1.82) is 0 Å². The van der Waals surface area contributed by atoms with Crippen LogP contribution < -0.4 is 27.4 Å². The number of carbonyl (C=O) groups is 11. The first-order valence-corrected chi connectivity index (χ1v) is 62.2. The fraction of sp³-hybridized carbons (Fsp3) is 0.876. The predicted molar refractivity (Wildman–Crippen MR) is 526 cm³/mol. The normalized spacial score (nSPS) is 24.2. The van der Waals surface area contributed by atoms with Crippen LogP contribution in [0.25, 0.3) is 0 Å². The molecule has 10 atom stereocenters. The largest absolute Gasteiger partial charge is 0.480 e. The summed E-state index contributed by atoms with van der Waals surface area (Å²) < 4.78 is 91.8. The molecule has 11 fully saturated rings. The molecule has 136 heavy (non-hydrogen) atoms. The topological polar surface area (TPSA) is 488 Å². The van der Waals surface area contributed by atoms with Gasteiger partial charge in [0, 0.05) is 111 Å². The number of methoxy groups -OCH3 is 4. The van der Waals surface area contributed by atoms with Crippen molar-refractivity contribution in [3.8, 4) is 0 Å². The molecule has 11 saturated heterocycles. The number of likely N-dealkylation sites (N-methyl/N-ethyl adjacent to an activating group) is 3. The van der Waals surface area contributed by atoms with Crippen LogP contribution in [0, 0.1) is 0 Å². The van der Waals surface area contributed by atoms with Gasteiger partial charge in [-0.15, -0.1) is 0 Å². The Balaban J connectivity index is 0.00000149. The zero-order valence-electron chi connectivity index (χ0n) is 85.7. The summed E-state index contributed by atoms with van der Waals surface area (Å²) in [6, 6.07) is -2.36. The van der Waals surface area contributed by atoms with E-state index in [0.29, 0.717) is 176 Å². The van der Waals surface area contributed by atoms with Gasteiger partial charge in [0.2, 0.25) is 5.91 Å². The van der Waals surface area contributed by atoms with Gasteiger partial charge >= 0.3 is 53.7 Å². The standard InChI is InChI=1S/C12H25NO3Si.C11H24N2O3Si.C10H21NO3Si.C9H19NO3Si.C9H17NO3.C8H16N2O3.C7H12N2O2.C7H13NO3.2C6H11NO3.C3H6O.CH4/c1-5-6-13-7-8-15-9-11(13)12(14)16-10-17(2,3)4;1-17(2,3)9-16-11(14)10-8-15-7-6-13(10)5-4-12;1-11-5-6-13-7-9(11)10(12)14-8-15(2,3)4;1-14(2,3)7-13-9(11)8-6-12-5-4-10-8;1-3-4-10-5-6-13-7-8(10)9(11)12-2;1-12-8(11)7-6-13-5-4-10(7)3-2-9;10-7-6-5-11-4-3-9(6)2-1-8-7;1-8-3-4-11-5-6(8)7(9)10-2;1-9-6(8)5-4-10-3-2-7-5;1-7-2-3-10-4-5(7)6(8)9;1-2-3-4;/h11H,5-10H2,1-4H3;10H,4-9,12H2,1-3H3;9H,5-8H2,1-4H3;8,10H,4-7H2,1-3H3;8H,3-7H2,1-2H3;7H,2-6,9H2,1H3;6H,1-5H2,(H,8,10);6H,3-5H2,1-2H3;5,7H,2-4H2,1H3;5H,2-4H2,1H3,(H,8,9);3H,2H2,1H3;1H4. The van der Waals surface area contributed by atoms with E-state index in [9.17, 15) is 52.7 Å². The first-order valence-electron chi connectivity index (χ1n) is 47.3. The summed E-state index contributed by atoms with van der Waals surface area (Å²) in [5.41, 5.74) is 11.0. The second-order valence-corrected chi connectivity index (χ2v) is 59.7. The molecule has 0 radical (unpaired) electrons. The third kappa shape index (κ3) is 58.1. The van der Waals surface area contributed by atoms with E-state index in [1.165, 1.54) is 28.4 Å². The van der Waals surface area contributed by atoms with E-state index < -0.39 is 44.3 Å². The number of hydrogen-bond donors (Lipinski definition) is 6. The lowest BCUT2D eigenvalue weighted by Crippen LogP contribution is -2.59. The van der Waals surface area contributed by atoms with E-state index in [2.05, 4.69) is 142 Å². The van der Waals surface area contributed by atoms with Gasteiger partial charge < -0.3 is 123 Å². The highest BCUT2D eigenvalue weighted by Gasteiger charge is 2.38. The van der Waals surface area contributed by atoms with Crippen molar-refractivity contribution in [1.82, 2.24) is 55.1 Å². The summed E-state index contributed by atoms with van der Waals surface area (Å²) >= 11 is 0. The van der Waals surface area contributed by atoms with Crippen LogP contribution in [0.4, 0.5) is 0 Å². The van der Waals surface area contributed by atoms with Gasteiger partial charge in [0.25, 0.3) is 0 Å². The number of hydrogen-bond acceptors (Lipinski definition) is 41. The summed E-state index contributed by atoms with van der Waals surface area (Å²) in [6.07, 6.45) is 5.96. The Morgan fingerprint density at radius 1 is 0.368 bits per heavy atom. The zero-order valence-corrected chi connectivity index (χ0v) is 89.7. The lowest BCUT2D eigenvalue weighted by Gasteiger charge is -2.37. The van der Waals surface area contributed by atoms with Crippen molar-refractivity contribution in [2.45, 2.75) is 186 Å². The molecule has 0 spiro atoms. The Morgan fingerprint density at radius 3 is 0.926 bits per heavy atom. The lowest BCUT2D eigenvalue weighted by molar-refractivity contribution is -0.155. The van der Waals surface area contributed by atoms with Crippen molar-refractivity contribution >= 4 is 98.2 Å². The van der Waals surface area contributed by atoms with Crippen LogP contribution in [0.3, 0.4) is 0 Å². The minimum Gasteiger partial charge on any atom is -0.480 e. The Morgan fingerprint density at radius 2 is 0.640 bits per heavy atom. The molecule has 47 heteroatoms. The molecule has 0 aromatic rings. The Bertz CT molecular complexity index is 3170. The molecule has 1 amide bonds. The van der Waals surface area contributed by atoms with Gasteiger partial charge in [0.1, 0.15) is 66.7 Å². The van der Waals surface area contributed by atoms with Crippen molar-refractivity contribution in [2.75, 3.05) is 324 Å². The number of fused-ring (bicyclic) bond motifs is 1. The first-order chi connectivity index (χ1) is 63.9. The molecule has 11 aliphatic heterocycles. The number of carboxylic acids is 1. The second-order valence-electron chi connectivity index (χ2n) is 38.1. The van der Waals surface area contributed by atoms with Crippen LogP contribution in [0.15, 0.2) is 0 Å². The molecule has 0 saturated carbocycles. The van der Waals surface area contributed by atoms with Crippen molar-refractivity contribution in [2.24, 2.45) is 11.5 Å².